The van der Waals surface area contributed by atoms with Crippen LogP contribution in [-0.4, -0.2) is 23.0 Å². The van der Waals surface area contributed by atoms with Crippen molar-refractivity contribution in [2.24, 2.45) is 0 Å². The summed E-state index contributed by atoms with van der Waals surface area (Å²) < 4.78 is 10.8. The number of methoxy groups -OCH3 is 1. The van der Waals surface area contributed by atoms with Crippen molar-refractivity contribution in [2.75, 3.05) is 12.4 Å². The Morgan fingerprint density at radius 1 is 1.00 bits per heavy atom. The van der Waals surface area contributed by atoms with E-state index in [1.54, 1.807) is 43.6 Å². The lowest BCUT2D eigenvalue weighted by Crippen LogP contribution is -2.13. The summed E-state index contributed by atoms with van der Waals surface area (Å²) in [6.45, 7) is 3.71. The number of nitrogens with one attached hydrogen (secondary N) is 1. The molecule has 26 heavy (non-hydrogen) atoms. The van der Waals surface area contributed by atoms with Gasteiger partial charge in [-0.25, -0.2) is 4.98 Å². The Labute approximate surface area is 151 Å². The molecule has 3 rings (SSSR count). The number of carbonyl (C=O) groups is 1. The molecule has 0 fully saturated rings. The second kappa shape index (κ2) is 7.65. The van der Waals surface area contributed by atoms with Gasteiger partial charge in [-0.15, -0.1) is 0 Å². The average Bonchev–Trinajstić information content (AvgIpc) is 2.62. The summed E-state index contributed by atoms with van der Waals surface area (Å²) in [6.07, 6.45) is 1.55. The lowest BCUT2D eigenvalue weighted by Gasteiger charge is -2.09. The van der Waals surface area contributed by atoms with Crippen molar-refractivity contribution in [3.8, 4) is 17.4 Å². The van der Waals surface area contributed by atoms with Gasteiger partial charge in [-0.2, -0.15) is 0 Å². The zero-order valence-corrected chi connectivity index (χ0v) is 14.8. The van der Waals surface area contributed by atoms with Gasteiger partial charge in [0.05, 0.1) is 19.0 Å². The minimum absolute atomic E-state index is 0.207. The van der Waals surface area contributed by atoms with Crippen LogP contribution in [0.1, 0.15) is 21.7 Å². The van der Waals surface area contributed by atoms with Crippen molar-refractivity contribution in [1.29, 1.82) is 0 Å². The fourth-order valence-corrected chi connectivity index (χ4v) is 2.47. The standard InChI is InChI=1S/C20H19N3O3/c1-13-9-15(10-14(2)22-13)20(24)23-16-7-8-19(21-12-16)26-18-6-4-5-17(11-18)25-3/h4-12H,1-3H3,(H,23,24). The van der Waals surface area contributed by atoms with Gasteiger partial charge in [0.1, 0.15) is 11.5 Å². The number of amides is 1. The quantitative estimate of drug-likeness (QED) is 0.749. The molecule has 6 nitrogen and oxygen atoms in total. The third-order valence-corrected chi connectivity index (χ3v) is 3.60. The van der Waals surface area contributed by atoms with Crippen LogP contribution < -0.4 is 14.8 Å². The topological polar surface area (TPSA) is 73.3 Å². The van der Waals surface area contributed by atoms with Crippen LogP contribution in [0.3, 0.4) is 0 Å². The Bertz CT molecular complexity index is 904. The zero-order chi connectivity index (χ0) is 18.5. The highest BCUT2D eigenvalue weighted by atomic mass is 16.5. The monoisotopic (exact) mass is 349 g/mol. The molecule has 0 saturated carbocycles. The molecule has 2 heterocycles. The van der Waals surface area contributed by atoms with Crippen LogP contribution in [0.25, 0.3) is 0 Å². The molecule has 2 aromatic heterocycles. The number of ether oxygens (including phenoxy) is 2. The SMILES string of the molecule is COc1cccc(Oc2ccc(NC(=O)c3cc(C)nc(C)c3)cn2)c1. The van der Waals surface area contributed by atoms with Crippen LogP contribution in [0, 0.1) is 13.8 Å². The third kappa shape index (κ3) is 4.36. The smallest absolute Gasteiger partial charge is 0.255 e. The number of anilines is 1. The van der Waals surface area contributed by atoms with Gasteiger partial charge >= 0.3 is 0 Å². The summed E-state index contributed by atoms with van der Waals surface area (Å²) >= 11 is 0. The molecule has 0 aliphatic heterocycles. The summed E-state index contributed by atoms with van der Waals surface area (Å²) in [5.74, 6) is 1.54. The van der Waals surface area contributed by atoms with Gasteiger partial charge in [-0.05, 0) is 44.2 Å². The first-order chi connectivity index (χ1) is 12.5. The van der Waals surface area contributed by atoms with Gasteiger partial charge in [-0.3, -0.25) is 9.78 Å². The van der Waals surface area contributed by atoms with Crippen LogP contribution in [0.5, 0.6) is 17.4 Å². The highest BCUT2D eigenvalue weighted by molar-refractivity contribution is 6.04. The predicted octanol–water partition coefficient (Wildman–Crippen LogP) is 4.15. The van der Waals surface area contributed by atoms with Gasteiger partial charge in [-0.1, -0.05) is 6.07 Å². The number of nitrogens with zero attached hydrogens (tertiary/aromatic N) is 2. The molecule has 0 saturated heterocycles. The number of hydrogen-bond donors (Lipinski definition) is 1. The Morgan fingerprint density at radius 2 is 1.73 bits per heavy atom. The number of rotatable bonds is 5. The summed E-state index contributed by atoms with van der Waals surface area (Å²) in [5, 5.41) is 2.82. The van der Waals surface area contributed by atoms with Gasteiger partial charge < -0.3 is 14.8 Å². The molecule has 1 amide bonds. The molecule has 6 heteroatoms. The molecular formula is C20H19N3O3. The Kier molecular flexibility index (Phi) is 5.12. The highest BCUT2D eigenvalue weighted by Gasteiger charge is 2.09. The molecule has 0 atom stereocenters. The maximum atomic E-state index is 12.4. The van der Waals surface area contributed by atoms with Crippen molar-refractivity contribution in [2.45, 2.75) is 13.8 Å². The number of pyridine rings is 2. The molecule has 0 aliphatic carbocycles. The van der Waals surface area contributed by atoms with E-state index in [2.05, 4.69) is 15.3 Å². The summed E-state index contributed by atoms with van der Waals surface area (Å²) in [6, 6.07) is 14.2. The Balaban J connectivity index is 1.68. The van der Waals surface area contributed by atoms with E-state index in [9.17, 15) is 4.79 Å². The Hall–Kier alpha value is -3.41. The van der Waals surface area contributed by atoms with Gasteiger partial charge in [0.15, 0.2) is 0 Å². The third-order valence-electron chi connectivity index (χ3n) is 3.60. The van der Waals surface area contributed by atoms with E-state index >= 15 is 0 Å². The van der Waals surface area contributed by atoms with E-state index in [4.69, 9.17) is 9.47 Å². The minimum atomic E-state index is -0.207. The second-order valence-electron chi connectivity index (χ2n) is 5.76. The van der Waals surface area contributed by atoms with E-state index in [1.165, 1.54) is 0 Å². The summed E-state index contributed by atoms with van der Waals surface area (Å²) in [5.41, 5.74) is 2.75. The maximum absolute atomic E-state index is 12.4. The van der Waals surface area contributed by atoms with E-state index in [1.807, 2.05) is 32.0 Å². The van der Waals surface area contributed by atoms with Crippen molar-refractivity contribution in [1.82, 2.24) is 9.97 Å². The van der Waals surface area contributed by atoms with E-state index in [0.29, 0.717) is 28.6 Å². The van der Waals surface area contributed by atoms with Crippen LogP contribution in [-0.2, 0) is 0 Å². The average molecular weight is 349 g/mol. The molecule has 0 bridgehead atoms. The van der Waals surface area contributed by atoms with Gasteiger partial charge in [0, 0.05) is 29.1 Å². The van der Waals surface area contributed by atoms with E-state index in [-0.39, 0.29) is 5.91 Å². The number of hydrogen-bond acceptors (Lipinski definition) is 5. The van der Waals surface area contributed by atoms with Crippen LogP contribution in [0.4, 0.5) is 5.69 Å². The number of carbonyl (C=O) groups excluding carboxylic acids is 1. The number of aryl methyl sites for hydroxylation is 2. The highest BCUT2D eigenvalue weighted by Crippen LogP contribution is 2.24. The fraction of sp³-hybridized carbons (Fsp3) is 0.150. The molecule has 1 aromatic carbocycles. The minimum Gasteiger partial charge on any atom is -0.497 e. The number of aromatic nitrogens is 2. The van der Waals surface area contributed by atoms with Crippen molar-refractivity contribution < 1.29 is 14.3 Å². The first kappa shape index (κ1) is 17.4. The molecule has 3 aromatic rings. The second-order valence-corrected chi connectivity index (χ2v) is 5.76. The zero-order valence-electron chi connectivity index (χ0n) is 14.8. The van der Waals surface area contributed by atoms with E-state index < -0.39 is 0 Å². The normalized spacial score (nSPS) is 10.3. The predicted molar refractivity (Wildman–Crippen MR) is 99.0 cm³/mol. The van der Waals surface area contributed by atoms with Gasteiger partial charge in [0.2, 0.25) is 5.88 Å². The summed E-state index contributed by atoms with van der Waals surface area (Å²) in [4.78, 5) is 20.8. The molecule has 0 radical (unpaired) electrons. The van der Waals surface area contributed by atoms with Crippen LogP contribution >= 0.6 is 0 Å². The lowest BCUT2D eigenvalue weighted by atomic mass is 10.2. The molecule has 1 N–H and O–H groups in total. The molecule has 0 unspecified atom stereocenters. The Morgan fingerprint density at radius 3 is 2.38 bits per heavy atom. The van der Waals surface area contributed by atoms with Crippen molar-refractivity contribution >= 4 is 11.6 Å². The number of benzene rings is 1. The molecular weight excluding hydrogens is 330 g/mol. The molecule has 0 spiro atoms. The lowest BCUT2D eigenvalue weighted by molar-refractivity contribution is 0.102. The summed E-state index contributed by atoms with van der Waals surface area (Å²) in [7, 11) is 1.60. The van der Waals surface area contributed by atoms with Crippen LogP contribution in [0.15, 0.2) is 54.7 Å². The molecule has 132 valence electrons. The largest absolute Gasteiger partial charge is 0.497 e. The first-order valence-electron chi connectivity index (χ1n) is 8.08. The fourth-order valence-electron chi connectivity index (χ4n) is 2.47. The first-order valence-corrected chi connectivity index (χ1v) is 8.08. The maximum Gasteiger partial charge on any atom is 0.255 e. The molecule has 0 aliphatic rings. The van der Waals surface area contributed by atoms with Crippen LogP contribution in [0.2, 0.25) is 0 Å². The van der Waals surface area contributed by atoms with Crippen molar-refractivity contribution in [3.05, 3.63) is 71.7 Å². The van der Waals surface area contributed by atoms with Crippen molar-refractivity contribution in [3.63, 3.8) is 0 Å². The van der Waals surface area contributed by atoms with E-state index in [0.717, 1.165) is 11.4 Å². The van der Waals surface area contributed by atoms with Gasteiger partial charge in [0.25, 0.3) is 5.91 Å².